The first-order valence-corrected chi connectivity index (χ1v) is 3.94. The molecular weight excluding hydrogens is 160 g/mol. The fourth-order valence-corrected chi connectivity index (χ4v) is 1.10. The van der Waals surface area contributed by atoms with Crippen molar-refractivity contribution in [1.82, 2.24) is 10.4 Å². The highest BCUT2D eigenvalue weighted by molar-refractivity contribution is 5.80. The number of carbonyl (C=O) groups excluding carboxylic acids is 1. The van der Waals surface area contributed by atoms with E-state index in [1.807, 2.05) is 0 Å². The molecule has 12 heavy (non-hydrogen) atoms. The van der Waals surface area contributed by atoms with Gasteiger partial charge in [0.2, 0.25) is 5.91 Å². The van der Waals surface area contributed by atoms with E-state index in [2.05, 4.69) is 5.32 Å². The van der Waals surface area contributed by atoms with E-state index in [4.69, 9.17) is 9.94 Å². The monoisotopic (exact) mass is 174 g/mol. The highest BCUT2D eigenvalue weighted by Gasteiger charge is 2.29. The van der Waals surface area contributed by atoms with E-state index in [1.165, 1.54) is 5.06 Å². The molecule has 2 atom stereocenters. The lowest BCUT2D eigenvalue weighted by atomic mass is 10.3. The Morgan fingerprint density at radius 1 is 1.83 bits per heavy atom. The molecule has 1 fully saturated rings. The zero-order valence-corrected chi connectivity index (χ0v) is 7.28. The first-order chi connectivity index (χ1) is 5.65. The summed E-state index contributed by atoms with van der Waals surface area (Å²) in [7, 11) is 1.57. The minimum atomic E-state index is -0.475. The zero-order valence-electron chi connectivity index (χ0n) is 7.28. The molecule has 0 saturated carbocycles. The topological polar surface area (TPSA) is 61.8 Å². The molecule has 5 nitrogen and oxygen atoms in total. The summed E-state index contributed by atoms with van der Waals surface area (Å²) in [4.78, 5) is 16.2. The summed E-state index contributed by atoms with van der Waals surface area (Å²) in [5.74, 6) is -0.107. The van der Waals surface area contributed by atoms with Gasteiger partial charge in [0.25, 0.3) is 0 Å². The van der Waals surface area contributed by atoms with Gasteiger partial charge in [-0.25, -0.2) is 0 Å². The molecule has 0 aliphatic carbocycles. The third-order valence-electron chi connectivity index (χ3n) is 1.88. The smallest absolute Gasteiger partial charge is 0.239 e. The molecule has 0 spiro atoms. The quantitative estimate of drug-likeness (QED) is 0.548. The molecule has 70 valence electrons. The van der Waals surface area contributed by atoms with Crippen LogP contribution in [0.2, 0.25) is 0 Å². The van der Waals surface area contributed by atoms with Crippen LogP contribution >= 0.6 is 0 Å². The molecule has 1 rings (SSSR count). The van der Waals surface area contributed by atoms with Crippen molar-refractivity contribution in [1.29, 1.82) is 0 Å². The van der Waals surface area contributed by atoms with Gasteiger partial charge in [-0.15, -0.1) is 0 Å². The molecule has 0 aromatic carbocycles. The van der Waals surface area contributed by atoms with Gasteiger partial charge in [-0.05, 0) is 6.92 Å². The summed E-state index contributed by atoms with van der Waals surface area (Å²) >= 11 is 0. The van der Waals surface area contributed by atoms with Gasteiger partial charge in [0.1, 0.15) is 6.04 Å². The Kier molecular flexibility index (Phi) is 3.02. The Balaban J connectivity index is 2.42. The molecule has 5 heteroatoms. The van der Waals surface area contributed by atoms with E-state index in [1.54, 1.807) is 14.0 Å². The number of hydrogen-bond acceptors (Lipinski definition) is 4. The molecule has 1 aliphatic heterocycles. The predicted molar refractivity (Wildman–Crippen MR) is 42.2 cm³/mol. The third kappa shape index (κ3) is 1.94. The van der Waals surface area contributed by atoms with Crippen molar-refractivity contribution in [3.63, 3.8) is 0 Å². The second-order valence-electron chi connectivity index (χ2n) is 2.84. The lowest BCUT2D eigenvalue weighted by Crippen LogP contribution is -2.42. The van der Waals surface area contributed by atoms with E-state index in [0.29, 0.717) is 6.54 Å². The Morgan fingerprint density at radius 2 is 2.50 bits per heavy atom. The SMILES string of the molecule is CNC(=O)C(C)N1C[C@H](O)CO1. The number of nitrogens with zero attached hydrogens (tertiary/aromatic N) is 1. The van der Waals surface area contributed by atoms with Crippen molar-refractivity contribution in [2.75, 3.05) is 20.2 Å². The van der Waals surface area contributed by atoms with E-state index in [9.17, 15) is 4.79 Å². The van der Waals surface area contributed by atoms with Crippen molar-refractivity contribution in [2.45, 2.75) is 19.1 Å². The maximum atomic E-state index is 11.1. The number of hydroxylamine groups is 2. The van der Waals surface area contributed by atoms with Gasteiger partial charge in [0.15, 0.2) is 0 Å². The van der Waals surface area contributed by atoms with Crippen LogP contribution in [0.15, 0.2) is 0 Å². The van der Waals surface area contributed by atoms with Crippen LogP contribution in [-0.2, 0) is 9.63 Å². The second kappa shape index (κ2) is 3.84. The van der Waals surface area contributed by atoms with Crippen molar-refractivity contribution in [2.24, 2.45) is 0 Å². The maximum Gasteiger partial charge on any atom is 0.239 e. The molecule has 2 N–H and O–H groups in total. The molecule has 1 heterocycles. The minimum absolute atomic E-state index is 0.107. The van der Waals surface area contributed by atoms with Gasteiger partial charge in [0.05, 0.1) is 19.3 Å². The van der Waals surface area contributed by atoms with Crippen LogP contribution in [0.5, 0.6) is 0 Å². The predicted octanol–water partition coefficient (Wildman–Crippen LogP) is -1.27. The average molecular weight is 174 g/mol. The summed E-state index contributed by atoms with van der Waals surface area (Å²) in [6.07, 6.45) is -0.475. The van der Waals surface area contributed by atoms with Crippen LogP contribution in [0.1, 0.15) is 6.92 Å². The van der Waals surface area contributed by atoms with Crippen molar-refractivity contribution in [3.05, 3.63) is 0 Å². The maximum absolute atomic E-state index is 11.1. The highest BCUT2D eigenvalue weighted by atomic mass is 16.7. The highest BCUT2D eigenvalue weighted by Crippen LogP contribution is 2.09. The molecule has 0 radical (unpaired) electrons. The van der Waals surface area contributed by atoms with E-state index in [-0.39, 0.29) is 18.6 Å². The summed E-state index contributed by atoms with van der Waals surface area (Å²) in [6, 6.07) is -0.341. The van der Waals surface area contributed by atoms with E-state index < -0.39 is 6.10 Å². The van der Waals surface area contributed by atoms with Crippen molar-refractivity contribution in [3.8, 4) is 0 Å². The summed E-state index contributed by atoms with van der Waals surface area (Å²) < 4.78 is 0. The average Bonchev–Trinajstić information content (AvgIpc) is 2.49. The van der Waals surface area contributed by atoms with Crippen LogP contribution in [0, 0.1) is 0 Å². The first-order valence-electron chi connectivity index (χ1n) is 3.94. The fourth-order valence-electron chi connectivity index (χ4n) is 1.10. The van der Waals surface area contributed by atoms with E-state index >= 15 is 0 Å². The molecular formula is C7H14N2O3. The fraction of sp³-hybridized carbons (Fsp3) is 0.857. The first kappa shape index (κ1) is 9.44. The second-order valence-corrected chi connectivity index (χ2v) is 2.84. The van der Waals surface area contributed by atoms with Crippen LogP contribution in [-0.4, -0.2) is 48.4 Å². The molecule has 1 unspecified atom stereocenters. The Morgan fingerprint density at radius 3 is 2.92 bits per heavy atom. The molecule has 1 saturated heterocycles. The van der Waals surface area contributed by atoms with Crippen molar-refractivity contribution < 1.29 is 14.7 Å². The molecule has 0 bridgehead atoms. The number of aliphatic hydroxyl groups is 1. The number of hydrogen-bond donors (Lipinski definition) is 2. The number of likely N-dealkylation sites (N-methyl/N-ethyl adjacent to an activating group) is 1. The number of aliphatic hydroxyl groups excluding tert-OH is 1. The van der Waals surface area contributed by atoms with Gasteiger partial charge in [0, 0.05) is 7.05 Å². The Hall–Kier alpha value is -0.650. The molecule has 1 aliphatic rings. The van der Waals surface area contributed by atoms with Crippen molar-refractivity contribution >= 4 is 5.91 Å². The molecule has 0 aromatic rings. The summed E-state index contributed by atoms with van der Waals surface area (Å²) in [5.41, 5.74) is 0. The van der Waals surface area contributed by atoms with Gasteiger partial charge in [-0.1, -0.05) is 0 Å². The van der Waals surface area contributed by atoms with E-state index in [0.717, 1.165) is 0 Å². The van der Waals surface area contributed by atoms with Gasteiger partial charge in [-0.2, -0.15) is 5.06 Å². The number of carbonyl (C=O) groups is 1. The Bertz CT molecular complexity index is 174. The standard InChI is InChI=1S/C7H14N2O3/c1-5(7(11)8-2)9-3-6(10)4-12-9/h5-6,10H,3-4H2,1-2H3,(H,8,11)/t5?,6-/m0/s1. The van der Waals surface area contributed by atoms with Crippen LogP contribution in [0.3, 0.4) is 0 Å². The van der Waals surface area contributed by atoms with Crippen LogP contribution in [0.4, 0.5) is 0 Å². The lowest BCUT2D eigenvalue weighted by Gasteiger charge is -2.20. The minimum Gasteiger partial charge on any atom is -0.389 e. The summed E-state index contributed by atoms with van der Waals surface area (Å²) in [6.45, 7) is 2.41. The number of β-amino-alcohol motifs (C(OH)–C–C–N with tert-alkyl or cyclic N) is 1. The Labute approximate surface area is 71.3 Å². The zero-order chi connectivity index (χ0) is 9.14. The molecule has 1 amide bonds. The van der Waals surface area contributed by atoms with Gasteiger partial charge < -0.3 is 10.4 Å². The van der Waals surface area contributed by atoms with Crippen LogP contribution in [0.25, 0.3) is 0 Å². The van der Waals surface area contributed by atoms with Gasteiger partial charge in [-0.3, -0.25) is 9.63 Å². The largest absolute Gasteiger partial charge is 0.389 e. The summed E-state index contributed by atoms with van der Waals surface area (Å²) in [5, 5.41) is 13.1. The number of nitrogens with one attached hydrogen (secondary N) is 1. The number of rotatable bonds is 2. The lowest BCUT2D eigenvalue weighted by molar-refractivity contribution is -0.158. The van der Waals surface area contributed by atoms with Gasteiger partial charge >= 0.3 is 0 Å². The number of amides is 1. The van der Waals surface area contributed by atoms with Crippen LogP contribution < -0.4 is 5.32 Å². The normalized spacial score (nSPS) is 27.1. The molecule has 0 aromatic heterocycles. The third-order valence-corrected chi connectivity index (χ3v) is 1.88.